The van der Waals surface area contributed by atoms with Crippen molar-refractivity contribution in [3.63, 3.8) is 0 Å². The van der Waals surface area contributed by atoms with Gasteiger partial charge < -0.3 is 0 Å². The molecule has 0 saturated carbocycles. The molecule has 0 aliphatic heterocycles. The van der Waals surface area contributed by atoms with Gasteiger partial charge in [-0.25, -0.2) is 4.98 Å². The van der Waals surface area contributed by atoms with E-state index in [0.29, 0.717) is 16.1 Å². The Labute approximate surface area is 137 Å². The fourth-order valence-electron chi connectivity index (χ4n) is 2.03. The zero-order valence-electron chi connectivity index (χ0n) is 11.2. The lowest BCUT2D eigenvalue weighted by atomic mass is 10.1. The third-order valence-corrected chi connectivity index (χ3v) is 4.67. The number of nitro groups is 1. The summed E-state index contributed by atoms with van der Waals surface area (Å²) < 4.78 is 1.75. The Hall–Kier alpha value is -2.12. The van der Waals surface area contributed by atoms with E-state index < -0.39 is 4.92 Å². The highest BCUT2D eigenvalue weighted by molar-refractivity contribution is 9.10. The molecule has 0 bridgehead atoms. The van der Waals surface area contributed by atoms with Gasteiger partial charge in [-0.2, -0.15) is 0 Å². The van der Waals surface area contributed by atoms with Gasteiger partial charge >= 0.3 is 0 Å². The second-order valence-electron chi connectivity index (χ2n) is 4.62. The van der Waals surface area contributed by atoms with Crippen LogP contribution in [0.2, 0.25) is 0 Å². The molecular formula is C15H9BrN2O3S. The van der Waals surface area contributed by atoms with Crippen LogP contribution < -0.4 is 0 Å². The van der Waals surface area contributed by atoms with E-state index in [-0.39, 0.29) is 17.9 Å². The summed E-state index contributed by atoms with van der Waals surface area (Å²) in [7, 11) is 0. The van der Waals surface area contributed by atoms with Crippen LogP contribution in [-0.2, 0) is 6.42 Å². The van der Waals surface area contributed by atoms with Crippen LogP contribution in [-0.4, -0.2) is 15.7 Å². The van der Waals surface area contributed by atoms with Gasteiger partial charge in [-0.3, -0.25) is 14.9 Å². The molecule has 2 aromatic carbocycles. The third-order valence-electron chi connectivity index (χ3n) is 3.10. The van der Waals surface area contributed by atoms with Crippen molar-refractivity contribution in [1.82, 2.24) is 4.98 Å². The largest absolute Gasteiger partial charge is 0.294 e. The Morgan fingerprint density at radius 1 is 1.23 bits per heavy atom. The van der Waals surface area contributed by atoms with Crippen LogP contribution >= 0.6 is 27.3 Å². The minimum absolute atomic E-state index is 0.00332. The maximum Gasteiger partial charge on any atom is 0.271 e. The summed E-state index contributed by atoms with van der Waals surface area (Å²) in [6, 6.07) is 11.7. The number of nitrogens with zero attached hydrogens (tertiary/aromatic N) is 2. The number of benzene rings is 2. The van der Waals surface area contributed by atoms with E-state index in [9.17, 15) is 14.9 Å². The molecule has 7 heteroatoms. The number of Topliss-reactive ketones (excluding diaryl/α,β-unsaturated/α-hetero) is 1. The van der Waals surface area contributed by atoms with Crippen molar-refractivity contribution in [3.8, 4) is 0 Å². The highest BCUT2D eigenvalue weighted by atomic mass is 79.9. The molecule has 0 atom stereocenters. The second kappa shape index (κ2) is 5.94. The van der Waals surface area contributed by atoms with Crippen molar-refractivity contribution in [2.75, 3.05) is 0 Å². The molecule has 0 unspecified atom stereocenters. The van der Waals surface area contributed by atoms with E-state index in [2.05, 4.69) is 20.9 Å². The number of non-ortho nitro benzene ring substituents is 1. The maximum atomic E-state index is 12.2. The highest BCUT2D eigenvalue weighted by Crippen LogP contribution is 2.26. The molecule has 0 saturated heterocycles. The van der Waals surface area contributed by atoms with Crippen molar-refractivity contribution in [2.24, 2.45) is 0 Å². The standard InChI is InChI=1S/C15H9BrN2O3S/c16-10-3-1-9(2-4-10)13(19)8-15-17-12-7-11(18(20)21)5-6-14(12)22-15/h1-7H,8H2. The second-order valence-corrected chi connectivity index (χ2v) is 6.65. The molecule has 0 amide bonds. The SMILES string of the molecule is O=C(Cc1nc2cc([N+](=O)[O-])ccc2s1)c1ccc(Br)cc1. The van der Waals surface area contributed by atoms with E-state index in [1.807, 2.05) is 12.1 Å². The van der Waals surface area contributed by atoms with Crippen molar-refractivity contribution >= 4 is 49.0 Å². The zero-order valence-corrected chi connectivity index (χ0v) is 13.6. The summed E-state index contributed by atoms with van der Waals surface area (Å²) in [6.07, 6.45) is 0.189. The van der Waals surface area contributed by atoms with Crippen molar-refractivity contribution in [3.05, 3.63) is 67.6 Å². The molecule has 0 spiro atoms. The number of rotatable bonds is 4. The van der Waals surface area contributed by atoms with Gasteiger partial charge in [0.15, 0.2) is 5.78 Å². The fourth-order valence-corrected chi connectivity index (χ4v) is 3.24. The van der Waals surface area contributed by atoms with Crippen molar-refractivity contribution in [2.45, 2.75) is 6.42 Å². The average Bonchev–Trinajstić information content (AvgIpc) is 2.88. The first-order chi connectivity index (χ1) is 10.5. The zero-order chi connectivity index (χ0) is 15.7. The van der Waals surface area contributed by atoms with E-state index in [4.69, 9.17) is 0 Å². The molecule has 0 aliphatic rings. The molecular weight excluding hydrogens is 368 g/mol. The number of carbonyl (C=O) groups excluding carboxylic acids is 1. The number of thiazole rings is 1. The Balaban J connectivity index is 1.86. The summed E-state index contributed by atoms with van der Waals surface area (Å²) in [4.78, 5) is 26.9. The molecule has 0 aliphatic carbocycles. The molecule has 5 nitrogen and oxygen atoms in total. The van der Waals surface area contributed by atoms with Gasteiger partial charge in [0.05, 0.1) is 21.6 Å². The summed E-state index contributed by atoms with van der Waals surface area (Å²) in [5.74, 6) is -0.0268. The minimum Gasteiger partial charge on any atom is -0.294 e. The highest BCUT2D eigenvalue weighted by Gasteiger charge is 2.13. The first-order valence-corrected chi connectivity index (χ1v) is 7.96. The van der Waals surface area contributed by atoms with Gasteiger partial charge in [0, 0.05) is 22.2 Å². The fraction of sp³-hybridized carbons (Fsp3) is 0.0667. The molecule has 3 aromatic rings. The third kappa shape index (κ3) is 3.05. The molecule has 3 rings (SSSR count). The molecule has 22 heavy (non-hydrogen) atoms. The number of nitro benzene ring substituents is 1. The summed E-state index contributed by atoms with van der Waals surface area (Å²) in [5.41, 5.74) is 1.18. The molecule has 0 fully saturated rings. The van der Waals surface area contributed by atoms with Gasteiger partial charge in [0.1, 0.15) is 5.01 Å². The molecule has 1 heterocycles. The summed E-state index contributed by atoms with van der Waals surface area (Å²) in [6.45, 7) is 0. The number of hydrogen-bond acceptors (Lipinski definition) is 5. The van der Waals surface area contributed by atoms with Crippen LogP contribution in [0.5, 0.6) is 0 Å². The molecule has 1 aromatic heterocycles. The van der Waals surface area contributed by atoms with Gasteiger partial charge in [0.2, 0.25) is 0 Å². The van der Waals surface area contributed by atoms with E-state index in [0.717, 1.165) is 9.17 Å². The topological polar surface area (TPSA) is 73.1 Å². The molecule has 110 valence electrons. The van der Waals surface area contributed by atoms with Gasteiger partial charge in [-0.15, -0.1) is 11.3 Å². The number of carbonyl (C=O) groups is 1. The van der Waals surface area contributed by atoms with Crippen LogP contribution in [0, 0.1) is 10.1 Å². The monoisotopic (exact) mass is 376 g/mol. The first-order valence-electron chi connectivity index (χ1n) is 6.35. The first kappa shape index (κ1) is 14.8. The molecule has 0 N–H and O–H groups in total. The van der Waals surface area contributed by atoms with Gasteiger partial charge in [-0.1, -0.05) is 28.1 Å². The van der Waals surface area contributed by atoms with E-state index >= 15 is 0 Å². The van der Waals surface area contributed by atoms with Crippen LogP contribution in [0.1, 0.15) is 15.4 Å². The number of hydrogen-bond donors (Lipinski definition) is 0. The number of ketones is 1. The van der Waals surface area contributed by atoms with E-state index in [1.54, 1.807) is 18.2 Å². The van der Waals surface area contributed by atoms with Crippen LogP contribution in [0.4, 0.5) is 5.69 Å². The lowest BCUT2D eigenvalue weighted by molar-refractivity contribution is -0.384. The van der Waals surface area contributed by atoms with Crippen LogP contribution in [0.3, 0.4) is 0 Å². The lowest BCUT2D eigenvalue weighted by Crippen LogP contribution is -2.02. The van der Waals surface area contributed by atoms with Gasteiger partial charge in [-0.05, 0) is 18.2 Å². The average molecular weight is 377 g/mol. The maximum absolute atomic E-state index is 12.2. The molecule has 0 radical (unpaired) electrons. The number of aromatic nitrogens is 1. The number of fused-ring (bicyclic) bond motifs is 1. The van der Waals surface area contributed by atoms with E-state index in [1.165, 1.54) is 23.5 Å². The Morgan fingerprint density at radius 2 is 1.95 bits per heavy atom. The smallest absolute Gasteiger partial charge is 0.271 e. The van der Waals surface area contributed by atoms with Crippen molar-refractivity contribution in [1.29, 1.82) is 0 Å². The van der Waals surface area contributed by atoms with Crippen LogP contribution in [0.15, 0.2) is 46.9 Å². The minimum atomic E-state index is -0.453. The summed E-state index contributed by atoms with van der Waals surface area (Å²) >= 11 is 4.71. The Kier molecular flexibility index (Phi) is 4.00. The normalized spacial score (nSPS) is 10.8. The quantitative estimate of drug-likeness (QED) is 0.384. The predicted octanol–water partition coefficient (Wildman–Crippen LogP) is 4.39. The lowest BCUT2D eigenvalue weighted by Gasteiger charge is -1.98. The Bertz CT molecular complexity index is 874. The number of halogens is 1. The van der Waals surface area contributed by atoms with Gasteiger partial charge in [0.25, 0.3) is 5.69 Å². The Morgan fingerprint density at radius 3 is 2.64 bits per heavy atom. The predicted molar refractivity (Wildman–Crippen MR) is 88.5 cm³/mol. The van der Waals surface area contributed by atoms with Crippen LogP contribution in [0.25, 0.3) is 10.2 Å². The summed E-state index contributed by atoms with van der Waals surface area (Å²) in [5, 5.41) is 11.4. The van der Waals surface area contributed by atoms with Crippen molar-refractivity contribution < 1.29 is 9.72 Å².